The molecule has 0 N–H and O–H groups in total. The van der Waals surface area contributed by atoms with E-state index in [1.807, 2.05) is 31.5 Å². The van der Waals surface area contributed by atoms with Crippen LogP contribution in [0.4, 0.5) is 11.4 Å². The molecule has 0 amide bonds. The highest BCUT2D eigenvalue weighted by molar-refractivity contribution is 9.10. The van der Waals surface area contributed by atoms with E-state index in [1.54, 1.807) is 0 Å². The lowest BCUT2D eigenvalue weighted by Gasteiger charge is -2.29. The molecule has 1 heterocycles. The van der Waals surface area contributed by atoms with Crippen molar-refractivity contribution in [1.82, 2.24) is 4.98 Å². The number of benzene rings is 5. The number of hydrogen-bond donors (Lipinski definition) is 0. The maximum absolute atomic E-state index is 4.32. The van der Waals surface area contributed by atoms with Crippen molar-refractivity contribution in [3.05, 3.63) is 174 Å². The monoisotopic (exact) mass is 630 g/mol. The molecule has 0 aliphatic heterocycles. The SMILES string of the molecule is C=C/C(=C\C=C/C)N(c1ccc(-c2cccnc2)cc1)c1ccc(-c2ccc(Br)cc2)c2c1Cc1c-2ccc2ccccc12. The number of anilines is 2. The van der Waals surface area contributed by atoms with Crippen molar-refractivity contribution in [2.75, 3.05) is 4.90 Å². The Balaban J connectivity index is 1.46. The zero-order valence-electron chi connectivity index (χ0n) is 24.5. The summed E-state index contributed by atoms with van der Waals surface area (Å²) in [5, 5.41) is 2.59. The maximum Gasteiger partial charge on any atom is 0.0503 e. The lowest BCUT2D eigenvalue weighted by atomic mass is 9.92. The summed E-state index contributed by atoms with van der Waals surface area (Å²) >= 11 is 3.62. The topological polar surface area (TPSA) is 16.1 Å². The van der Waals surface area contributed by atoms with Crippen LogP contribution in [-0.4, -0.2) is 4.98 Å². The van der Waals surface area contributed by atoms with E-state index in [4.69, 9.17) is 0 Å². The zero-order valence-corrected chi connectivity index (χ0v) is 26.1. The van der Waals surface area contributed by atoms with Crippen molar-refractivity contribution in [1.29, 1.82) is 0 Å². The van der Waals surface area contributed by atoms with Crippen LogP contribution >= 0.6 is 15.9 Å². The summed E-state index contributed by atoms with van der Waals surface area (Å²) in [5.74, 6) is 0. The molecule has 6 aromatic rings. The van der Waals surface area contributed by atoms with E-state index in [9.17, 15) is 0 Å². The van der Waals surface area contributed by atoms with Crippen molar-refractivity contribution < 1.29 is 0 Å². The minimum atomic E-state index is 0.851. The van der Waals surface area contributed by atoms with Crippen LogP contribution in [0.2, 0.25) is 0 Å². The fourth-order valence-corrected chi connectivity index (χ4v) is 6.60. The van der Waals surface area contributed by atoms with Gasteiger partial charge in [0.1, 0.15) is 0 Å². The van der Waals surface area contributed by atoms with Crippen molar-refractivity contribution in [2.45, 2.75) is 13.3 Å². The largest absolute Gasteiger partial charge is 0.310 e. The third-order valence-electron chi connectivity index (χ3n) is 8.39. The lowest BCUT2D eigenvalue weighted by molar-refractivity contribution is 1.16. The number of fused-ring (bicyclic) bond motifs is 5. The summed E-state index contributed by atoms with van der Waals surface area (Å²) in [6, 6.07) is 39.3. The molecule has 0 spiro atoms. The van der Waals surface area contributed by atoms with Gasteiger partial charge in [0.2, 0.25) is 0 Å². The predicted octanol–water partition coefficient (Wildman–Crippen LogP) is 11.7. The van der Waals surface area contributed by atoms with Gasteiger partial charge < -0.3 is 4.90 Å². The number of nitrogens with zero attached hydrogens (tertiary/aromatic N) is 2. The second kappa shape index (κ2) is 11.9. The van der Waals surface area contributed by atoms with Crippen LogP contribution in [0.3, 0.4) is 0 Å². The third kappa shape index (κ3) is 5.00. The summed E-state index contributed by atoms with van der Waals surface area (Å²) in [4.78, 5) is 6.66. The molecule has 0 atom stereocenters. The van der Waals surface area contributed by atoms with Gasteiger partial charge in [-0.05, 0) is 111 Å². The van der Waals surface area contributed by atoms with Gasteiger partial charge in [-0.2, -0.15) is 0 Å². The molecule has 212 valence electrons. The van der Waals surface area contributed by atoms with E-state index in [-0.39, 0.29) is 0 Å². The van der Waals surface area contributed by atoms with Gasteiger partial charge in [-0.1, -0.05) is 107 Å². The molecule has 5 aromatic carbocycles. The smallest absolute Gasteiger partial charge is 0.0503 e. The van der Waals surface area contributed by atoms with Crippen molar-refractivity contribution in [3.8, 4) is 33.4 Å². The van der Waals surface area contributed by atoms with Crippen molar-refractivity contribution in [3.63, 3.8) is 0 Å². The summed E-state index contributed by atoms with van der Waals surface area (Å²) in [7, 11) is 0. The van der Waals surface area contributed by atoms with E-state index in [0.29, 0.717) is 0 Å². The normalized spacial score (nSPS) is 12.4. The molecule has 44 heavy (non-hydrogen) atoms. The summed E-state index contributed by atoms with van der Waals surface area (Å²) in [5.41, 5.74) is 13.2. The van der Waals surface area contributed by atoms with E-state index >= 15 is 0 Å². The Morgan fingerprint density at radius 3 is 2.30 bits per heavy atom. The number of pyridine rings is 1. The first-order valence-corrected chi connectivity index (χ1v) is 15.6. The van der Waals surface area contributed by atoms with Crippen LogP contribution in [0.25, 0.3) is 44.2 Å². The van der Waals surface area contributed by atoms with Crippen LogP contribution in [-0.2, 0) is 6.42 Å². The molecule has 0 unspecified atom stereocenters. The van der Waals surface area contributed by atoms with E-state index < -0.39 is 0 Å². The first-order chi connectivity index (χ1) is 21.7. The van der Waals surface area contributed by atoms with Gasteiger partial charge in [-0.3, -0.25) is 4.98 Å². The Morgan fingerprint density at radius 2 is 1.55 bits per heavy atom. The molecule has 2 nitrogen and oxygen atoms in total. The minimum Gasteiger partial charge on any atom is -0.310 e. The average Bonchev–Trinajstić information content (AvgIpc) is 3.48. The molecule has 0 saturated heterocycles. The molecule has 0 bridgehead atoms. The van der Waals surface area contributed by atoms with Gasteiger partial charge in [0.15, 0.2) is 0 Å². The van der Waals surface area contributed by atoms with Gasteiger partial charge in [-0.15, -0.1) is 0 Å². The molecular formula is C41H31BrN2. The van der Waals surface area contributed by atoms with Crippen LogP contribution in [0.15, 0.2) is 163 Å². The molecule has 1 aromatic heterocycles. The van der Waals surface area contributed by atoms with Gasteiger partial charge in [0.25, 0.3) is 0 Å². The zero-order chi connectivity index (χ0) is 30.0. The first-order valence-electron chi connectivity index (χ1n) is 14.8. The number of aromatic nitrogens is 1. The quantitative estimate of drug-likeness (QED) is 0.163. The van der Waals surface area contributed by atoms with Crippen LogP contribution < -0.4 is 4.90 Å². The lowest BCUT2D eigenvalue weighted by Crippen LogP contribution is -2.17. The van der Waals surface area contributed by atoms with Crippen LogP contribution in [0.5, 0.6) is 0 Å². The maximum atomic E-state index is 4.32. The van der Waals surface area contributed by atoms with Gasteiger partial charge in [0, 0.05) is 34.7 Å². The minimum absolute atomic E-state index is 0.851. The van der Waals surface area contributed by atoms with E-state index in [1.165, 1.54) is 44.2 Å². The van der Waals surface area contributed by atoms with Gasteiger partial charge in [-0.25, -0.2) is 0 Å². The predicted molar refractivity (Wildman–Crippen MR) is 190 cm³/mol. The highest BCUT2D eigenvalue weighted by Crippen LogP contribution is 2.50. The Kier molecular flexibility index (Phi) is 7.55. The van der Waals surface area contributed by atoms with E-state index in [0.717, 1.165) is 39.1 Å². The summed E-state index contributed by atoms with van der Waals surface area (Å²) < 4.78 is 1.08. The molecule has 0 saturated carbocycles. The van der Waals surface area contributed by atoms with Crippen molar-refractivity contribution >= 4 is 38.1 Å². The van der Waals surface area contributed by atoms with Gasteiger partial charge >= 0.3 is 0 Å². The standard InChI is InChI=1S/C41H31BrN2/c1-3-5-11-33(4-2)44(34-20-15-28(16-21-34)31-10-8-25-43-27-31)40-24-23-36(30-13-18-32(42)19-14-30)41-37-22-17-29-9-6-7-12-35(29)38(37)26-39(40)41/h3-25,27H,2,26H2,1H3/b5-3-,33-11+. The fourth-order valence-electron chi connectivity index (χ4n) is 6.33. The molecule has 3 heteroatoms. The first kappa shape index (κ1) is 27.8. The van der Waals surface area contributed by atoms with Crippen molar-refractivity contribution in [2.24, 2.45) is 0 Å². The number of hydrogen-bond acceptors (Lipinski definition) is 2. The molecule has 0 fully saturated rings. The van der Waals surface area contributed by atoms with Crippen LogP contribution in [0, 0.1) is 0 Å². The molecule has 1 aliphatic rings. The van der Waals surface area contributed by atoms with Gasteiger partial charge in [0.05, 0.1) is 5.69 Å². The Morgan fingerprint density at radius 1 is 0.773 bits per heavy atom. The second-order valence-electron chi connectivity index (χ2n) is 10.9. The fraction of sp³-hybridized carbons (Fsp3) is 0.0488. The number of rotatable bonds is 7. The summed E-state index contributed by atoms with van der Waals surface area (Å²) in [6.45, 7) is 6.28. The number of allylic oxidation sites excluding steroid dienone is 4. The molecule has 1 aliphatic carbocycles. The average molecular weight is 632 g/mol. The number of halogens is 1. The molecular weight excluding hydrogens is 600 g/mol. The molecule has 0 radical (unpaired) electrons. The Labute approximate surface area is 267 Å². The Bertz CT molecular complexity index is 2050. The highest BCUT2D eigenvalue weighted by atomic mass is 79.9. The third-order valence-corrected chi connectivity index (χ3v) is 8.92. The highest BCUT2D eigenvalue weighted by Gasteiger charge is 2.29. The molecule has 7 rings (SSSR count). The van der Waals surface area contributed by atoms with Crippen LogP contribution in [0.1, 0.15) is 18.1 Å². The second-order valence-corrected chi connectivity index (χ2v) is 11.8. The Hall–Kier alpha value is -4.99. The summed E-state index contributed by atoms with van der Waals surface area (Å²) in [6.07, 6.45) is 12.8. The van der Waals surface area contributed by atoms with E-state index in [2.05, 4.69) is 154 Å².